The zero-order valence-electron chi connectivity index (χ0n) is 50.8. The molecule has 0 amide bonds. The van der Waals surface area contributed by atoms with E-state index in [4.69, 9.17) is 0 Å². The standard InChI is InChI=1S/C80H80N2/c1-53-19-15-17-21-69(53)75-71-49-27-58(56-25-39-64(40-26-56)82(67-45-33-61(34-46-67)79(9,10)11)68-47-35-62(36-48-68)80(12,13)14)52-74(71)76(70-22-18-16-20-54(70)2)72-50-28-57(51-73(72)75)55-23-37-63(38-24-55)81(65-41-29-59(30-42-65)77(3,4)5)66-43-31-60(32-44-66)78(6,7)8/h15-52H,1-14H3. The second kappa shape index (κ2) is 21.5. The van der Waals surface area contributed by atoms with Gasteiger partial charge in [-0.1, -0.05) is 229 Å². The van der Waals surface area contributed by atoms with Crippen molar-refractivity contribution in [3.05, 3.63) is 264 Å². The van der Waals surface area contributed by atoms with Crippen LogP contribution < -0.4 is 9.80 Å². The maximum absolute atomic E-state index is 2.45. The molecule has 0 saturated heterocycles. The van der Waals surface area contributed by atoms with Crippen LogP contribution in [0.4, 0.5) is 34.1 Å². The van der Waals surface area contributed by atoms with Crippen molar-refractivity contribution >= 4 is 55.7 Å². The van der Waals surface area contributed by atoms with Gasteiger partial charge in [0.05, 0.1) is 0 Å². The summed E-state index contributed by atoms with van der Waals surface area (Å²) in [6.45, 7) is 31.8. The zero-order valence-corrected chi connectivity index (χ0v) is 50.8. The Morgan fingerprint density at radius 3 is 0.707 bits per heavy atom. The quantitative estimate of drug-likeness (QED) is 0.126. The topological polar surface area (TPSA) is 6.48 Å². The molecule has 2 heteroatoms. The summed E-state index contributed by atoms with van der Waals surface area (Å²) in [6, 6.07) is 86.9. The first-order valence-electron chi connectivity index (χ1n) is 29.4. The van der Waals surface area contributed by atoms with Crippen LogP contribution in [0.3, 0.4) is 0 Å². The van der Waals surface area contributed by atoms with Crippen molar-refractivity contribution in [2.45, 2.75) is 119 Å². The van der Waals surface area contributed by atoms with Gasteiger partial charge in [-0.05, 0) is 220 Å². The Morgan fingerprint density at radius 2 is 0.463 bits per heavy atom. The zero-order chi connectivity index (χ0) is 57.9. The van der Waals surface area contributed by atoms with Gasteiger partial charge in [0.2, 0.25) is 0 Å². The minimum absolute atomic E-state index is 0.0618. The minimum Gasteiger partial charge on any atom is -0.311 e. The highest BCUT2D eigenvalue weighted by molar-refractivity contribution is 6.23. The highest BCUT2D eigenvalue weighted by Crippen LogP contribution is 2.48. The molecular formula is C80H80N2. The van der Waals surface area contributed by atoms with E-state index in [0.717, 1.165) is 34.1 Å². The van der Waals surface area contributed by atoms with Crippen LogP contribution in [0.25, 0.3) is 66.1 Å². The number of hydrogen-bond acceptors (Lipinski definition) is 2. The van der Waals surface area contributed by atoms with Crippen LogP contribution in [-0.2, 0) is 21.7 Å². The molecule has 410 valence electrons. The lowest BCUT2D eigenvalue weighted by Gasteiger charge is -2.28. The average molecular weight is 1070 g/mol. The van der Waals surface area contributed by atoms with Gasteiger partial charge in [-0.15, -0.1) is 0 Å². The SMILES string of the molecule is Cc1ccccc1-c1c2ccc(-c3ccc(N(c4ccc(C(C)(C)C)cc4)c4ccc(C(C)(C)C)cc4)cc3)cc2c(-c2ccccc2C)c2ccc(-c3ccc(N(c4ccc(C(C)(C)C)cc4)c4ccc(C(C)(C)C)cc4)cc3)cc12. The normalized spacial score (nSPS) is 12.3. The summed E-state index contributed by atoms with van der Waals surface area (Å²) in [5.41, 5.74) is 24.5. The molecule has 0 N–H and O–H groups in total. The summed E-state index contributed by atoms with van der Waals surface area (Å²) in [7, 11) is 0. The highest BCUT2D eigenvalue weighted by atomic mass is 15.1. The molecule has 0 radical (unpaired) electrons. The number of aryl methyl sites for hydroxylation is 2. The van der Waals surface area contributed by atoms with Gasteiger partial charge in [0.25, 0.3) is 0 Å². The number of benzene rings is 11. The third kappa shape index (κ3) is 11.0. The van der Waals surface area contributed by atoms with Crippen LogP contribution in [0, 0.1) is 13.8 Å². The summed E-state index contributed by atoms with van der Waals surface area (Å²) < 4.78 is 0. The number of rotatable bonds is 10. The lowest BCUT2D eigenvalue weighted by Crippen LogP contribution is -2.14. The van der Waals surface area contributed by atoms with Crippen LogP contribution in [0.1, 0.15) is 116 Å². The Labute approximate surface area is 489 Å². The molecule has 82 heavy (non-hydrogen) atoms. The molecule has 0 atom stereocenters. The smallest absolute Gasteiger partial charge is 0.0462 e. The number of anilines is 6. The van der Waals surface area contributed by atoms with E-state index < -0.39 is 0 Å². The van der Waals surface area contributed by atoms with Gasteiger partial charge in [-0.25, -0.2) is 0 Å². The Hall–Kier alpha value is -8.46. The van der Waals surface area contributed by atoms with Gasteiger partial charge in [0.1, 0.15) is 0 Å². The van der Waals surface area contributed by atoms with E-state index in [2.05, 4.69) is 337 Å². The second-order valence-electron chi connectivity index (χ2n) is 26.9. The molecule has 0 unspecified atom stereocenters. The van der Waals surface area contributed by atoms with E-state index in [1.807, 2.05) is 0 Å². The monoisotopic (exact) mass is 1070 g/mol. The van der Waals surface area contributed by atoms with E-state index in [9.17, 15) is 0 Å². The largest absolute Gasteiger partial charge is 0.311 e. The molecule has 0 fully saturated rings. The molecule has 0 bridgehead atoms. The van der Waals surface area contributed by atoms with Gasteiger partial charge >= 0.3 is 0 Å². The molecule has 0 aliphatic rings. The first kappa shape index (κ1) is 55.4. The van der Waals surface area contributed by atoms with E-state index >= 15 is 0 Å². The minimum atomic E-state index is 0.0618. The molecule has 11 aromatic carbocycles. The Bertz CT molecular complexity index is 3690. The average Bonchev–Trinajstić information content (AvgIpc) is 3.35. The summed E-state index contributed by atoms with van der Waals surface area (Å²) in [5.74, 6) is 0. The van der Waals surface area contributed by atoms with Crippen LogP contribution in [0.2, 0.25) is 0 Å². The lowest BCUT2D eigenvalue weighted by molar-refractivity contribution is 0.590. The molecule has 0 aromatic heterocycles. The first-order valence-corrected chi connectivity index (χ1v) is 29.4. The van der Waals surface area contributed by atoms with E-state index in [1.54, 1.807) is 0 Å². The molecule has 2 nitrogen and oxygen atoms in total. The van der Waals surface area contributed by atoms with Crippen molar-refractivity contribution in [2.75, 3.05) is 9.80 Å². The fourth-order valence-corrected chi connectivity index (χ4v) is 11.8. The molecule has 0 heterocycles. The van der Waals surface area contributed by atoms with Crippen molar-refractivity contribution < 1.29 is 0 Å². The molecule has 0 saturated carbocycles. The van der Waals surface area contributed by atoms with Crippen molar-refractivity contribution in [3.63, 3.8) is 0 Å². The van der Waals surface area contributed by atoms with Crippen LogP contribution in [0.5, 0.6) is 0 Å². The van der Waals surface area contributed by atoms with Crippen molar-refractivity contribution in [1.29, 1.82) is 0 Å². The van der Waals surface area contributed by atoms with Crippen LogP contribution in [-0.4, -0.2) is 0 Å². The van der Waals surface area contributed by atoms with Gasteiger partial charge in [-0.2, -0.15) is 0 Å². The summed E-state index contributed by atoms with van der Waals surface area (Å²) >= 11 is 0. The van der Waals surface area contributed by atoms with Gasteiger partial charge < -0.3 is 9.80 Å². The maximum Gasteiger partial charge on any atom is 0.0462 e. The predicted octanol–water partition coefficient (Wildman–Crippen LogP) is 23.4. The van der Waals surface area contributed by atoms with Gasteiger partial charge in [0.15, 0.2) is 0 Å². The number of fused-ring (bicyclic) bond motifs is 2. The van der Waals surface area contributed by atoms with E-state index in [0.29, 0.717) is 0 Å². The summed E-state index contributed by atoms with van der Waals surface area (Å²) in [4.78, 5) is 4.77. The number of hydrogen-bond donors (Lipinski definition) is 0. The van der Waals surface area contributed by atoms with Crippen molar-refractivity contribution in [1.82, 2.24) is 0 Å². The Morgan fingerprint density at radius 1 is 0.232 bits per heavy atom. The molecular weight excluding hydrogens is 989 g/mol. The van der Waals surface area contributed by atoms with Gasteiger partial charge in [-0.3, -0.25) is 0 Å². The van der Waals surface area contributed by atoms with Crippen molar-refractivity contribution in [3.8, 4) is 44.5 Å². The Balaban J connectivity index is 1.04. The third-order valence-electron chi connectivity index (χ3n) is 16.8. The van der Waals surface area contributed by atoms with Crippen LogP contribution in [0.15, 0.2) is 231 Å². The van der Waals surface area contributed by atoms with Gasteiger partial charge in [0, 0.05) is 34.1 Å². The molecule has 11 rings (SSSR count). The lowest BCUT2D eigenvalue weighted by atomic mass is 9.82. The van der Waals surface area contributed by atoms with E-state index in [1.165, 1.54) is 99.4 Å². The third-order valence-corrected chi connectivity index (χ3v) is 16.8. The second-order valence-corrected chi connectivity index (χ2v) is 26.9. The molecule has 0 aliphatic carbocycles. The maximum atomic E-state index is 2.45. The Kier molecular flexibility index (Phi) is 14.5. The first-order chi connectivity index (χ1) is 39.0. The fourth-order valence-electron chi connectivity index (χ4n) is 11.8. The molecule has 0 spiro atoms. The fraction of sp³-hybridized carbons (Fsp3) is 0.225. The summed E-state index contributed by atoms with van der Waals surface area (Å²) in [6.07, 6.45) is 0. The van der Waals surface area contributed by atoms with Crippen molar-refractivity contribution in [2.24, 2.45) is 0 Å². The number of nitrogens with zero attached hydrogens (tertiary/aromatic N) is 2. The summed E-state index contributed by atoms with van der Waals surface area (Å²) in [5, 5.41) is 4.96. The predicted molar refractivity (Wildman–Crippen MR) is 357 cm³/mol. The molecule has 11 aromatic rings. The van der Waals surface area contributed by atoms with Crippen LogP contribution >= 0.6 is 0 Å². The van der Waals surface area contributed by atoms with E-state index in [-0.39, 0.29) is 21.7 Å². The highest BCUT2D eigenvalue weighted by Gasteiger charge is 2.24. The molecule has 0 aliphatic heterocycles.